The van der Waals surface area contributed by atoms with Gasteiger partial charge in [0, 0.05) is 11.5 Å². The molecule has 0 radical (unpaired) electrons. The van der Waals surface area contributed by atoms with Gasteiger partial charge in [-0.15, -0.1) is 0 Å². The van der Waals surface area contributed by atoms with E-state index in [1.807, 2.05) is 30.3 Å². The van der Waals surface area contributed by atoms with E-state index >= 15 is 0 Å². The number of halogens is 1. The zero-order chi connectivity index (χ0) is 20.0. The summed E-state index contributed by atoms with van der Waals surface area (Å²) in [6.45, 7) is 0. The smallest absolute Gasteiger partial charge is 0.338 e. The highest BCUT2D eigenvalue weighted by atomic mass is 19.1. The Morgan fingerprint density at radius 2 is 1.83 bits per heavy atom. The van der Waals surface area contributed by atoms with E-state index in [0.29, 0.717) is 28.4 Å². The zero-order valence-corrected chi connectivity index (χ0v) is 15.8. The topological polar surface area (TPSA) is 57.0 Å². The van der Waals surface area contributed by atoms with E-state index in [4.69, 9.17) is 14.8 Å². The molecular formula is C23H18FN3O2. The fourth-order valence-corrected chi connectivity index (χ4v) is 3.57. The molecule has 0 bridgehead atoms. The molecule has 1 fully saturated rings. The third-order valence-corrected chi connectivity index (χ3v) is 5.17. The number of carbonyl (C=O) groups is 1. The summed E-state index contributed by atoms with van der Waals surface area (Å²) in [6, 6.07) is 17.5. The fraction of sp³-hybridized carbons (Fsp3) is 0.174. The lowest BCUT2D eigenvalue weighted by molar-refractivity contribution is 0.0603. The average Bonchev–Trinajstić information content (AvgIpc) is 3.54. The van der Waals surface area contributed by atoms with Gasteiger partial charge in [-0.25, -0.2) is 18.9 Å². The fourth-order valence-electron chi connectivity index (χ4n) is 3.57. The van der Waals surface area contributed by atoms with Gasteiger partial charge in [-0.1, -0.05) is 18.2 Å². The summed E-state index contributed by atoms with van der Waals surface area (Å²) in [4.78, 5) is 17.5. The molecule has 0 N–H and O–H groups in total. The molecule has 29 heavy (non-hydrogen) atoms. The highest BCUT2D eigenvalue weighted by molar-refractivity contribution is 6.05. The molecule has 0 saturated heterocycles. The number of pyridine rings is 1. The molecule has 0 aliphatic heterocycles. The Labute approximate surface area is 166 Å². The first-order valence-electron chi connectivity index (χ1n) is 9.49. The van der Waals surface area contributed by atoms with Crippen LogP contribution in [-0.2, 0) is 4.74 Å². The highest BCUT2D eigenvalue weighted by Crippen LogP contribution is 2.44. The minimum Gasteiger partial charge on any atom is -0.465 e. The van der Waals surface area contributed by atoms with Crippen molar-refractivity contribution in [3.8, 4) is 16.9 Å². The molecule has 1 saturated carbocycles. The SMILES string of the molecule is COC(=O)c1cc(-c2ccc(F)cc2)nc2c1c(C1CC1)nn2-c1ccccc1. The second kappa shape index (κ2) is 6.81. The molecule has 0 spiro atoms. The van der Waals surface area contributed by atoms with Crippen LogP contribution in [0, 0.1) is 5.82 Å². The first-order chi connectivity index (χ1) is 14.2. The average molecular weight is 387 g/mol. The molecule has 0 amide bonds. The molecule has 0 unspecified atom stereocenters. The lowest BCUT2D eigenvalue weighted by Gasteiger charge is -2.08. The second-order valence-electron chi connectivity index (χ2n) is 7.16. The third-order valence-electron chi connectivity index (χ3n) is 5.17. The van der Waals surface area contributed by atoms with Gasteiger partial charge in [0.15, 0.2) is 5.65 Å². The first kappa shape index (κ1) is 17.6. The number of hydrogen-bond donors (Lipinski definition) is 0. The standard InChI is InChI=1S/C23H18FN3O2/c1-29-23(28)18-13-19(14-9-11-16(24)12-10-14)25-22-20(18)21(15-7-8-15)26-27(22)17-5-3-2-4-6-17/h2-6,9-13,15H,7-8H2,1H3. The zero-order valence-electron chi connectivity index (χ0n) is 15.8. The van der Waals surface area contributed by atoms with Crippen LogP contribution >= 0.6 is 0 Å². The number of ether oxygens (including phenoxy) is 1. The van der Waals surface area contributed by atoms with Crippen LogP contribution in [0.1, 0.15) is 34.8 Å². The van der Waals surface area contributed by atoms with Crippen molar-refractivity contribution in [1.29, 1.82) is 0 Å². The van der Waals surface area contributed by atoms with Gasteiger partial charge in [0.2, 0.25) is 0 Å². The molecule has 6 heteroatoms. The van der Waals surface area contributed by atoms with Crippen LogP contribution in [0.5, 0.6) is 0 Å². The summed E-state index contributed by atoms with van der Waals surface area (Å²) in [5, 5.41) is 5.56. The van der Waals surface area contributed by atoms with E-state index in [1.54, 1.807) is 22.9 Å². The summed E-state index contributed by atoms with van der Waals surface area (Å²) < 4.78 is 20.2. The van der Waals surface area contributed by atoms with Crippen molar-refractivity contribution in [3.05, 3.63) is 77.7 Å². The summed E-state index contributed by atoms with van der Waals surface area (Å²) in [6.07, 6.45) is 2.09. The molecule has 5 rings (SSSR count). The summed E-state index contributed by atoms with van der Waals surface area (Å²) in [5.41, 5.74) is 4.05. The number of methoxy groups -OCH3 is 1. The molecular weight excluding hydrogens is 369 g/mol. The van der Waals surface area contributed by atoms with E-state index in [0.717, 1.165) is 29.6 Å². The maximum Gasteiger partial charge on any atom is 0.338 e. The lowest BCUT2D eigenvalue weighted by atomic mass is 10.0. The van der Waals surface area contributed by atoms with Crippen molar-refractivity contribution < 1.29 is 13.9 Å². The van der Waals surface area contributed by atoms with Gasteiger partial charge in [-0.05, 0) is 55.3 Å². The van der Waals surface area contributed by atoms with Crippen molar-refractivity contribution >= 4 is 17.0 Å². The molecule has 4 aromatic rings. The van der Waals surface area contributed by atoms with Crippen LogP contribution in [0.25, 0.3) is 28.0 Å². The maximum absolute atomic E-state index is 13.4. The molecule has 2 aromatic carbocycles. The molecule has 5 nitrogen and oxygen atoms in total. The Hall–Kier alpha value is -3.54. The van der Waals surface area contributed by atoms with Crippen LogP contribution in [0.2, 0.25) is 0 Å². The van der Waals surface area contributed by atoms with Crippen LogP contribution in [-0.4, -0.2) is 27.8 Å². The Morgan fingerprint density at radius 3 is 2.48 bits per heavy atom. The van der Waals surface area contributed by atoms with Gasteiger partial charge in [0.1, 0.15) is 5.82 Å². The minimum absolute atomic E-state index is 0.323. The van der Waals surface area contributed by atoms with E-state index in [2.05, 4.69) is 0 Å². The first-order valence-corrected chi connectivity index (χ1v) is 9.49. The van der Waals surface area contributed by atoms with Crippen molar-refractivity contribution in [3.63, 3.8) is 0 Å². The van der Waals surface area contributed by atoms with Crippen LogP contribution in [0.4, 0.5) is 4.39 Å². The monoisotopic (exact) mass is 387 g/mol. The number of para-hydroxylation sites is 1. The van der Waals surface area contributed by atoms with E-state index in [9.17, 15) is 9.18 Å². The largest absolute Gasteiger partial charge is 0.465 e. The number of carbonyl (C=O) groups excluding carboxylic acids is 1. The van der Waals surface area contributed by atoms with Gasteiger partial charge in [-0.2, -0.15) is 5.10 Å². The van der Waals surface area contributed by atoms with E-state index in [1.165, 1.54) is 19.2 Å². The van der Waals surface area contributed by atoms with Crippen molar-refractivity contribution in [1.82, 2.24) is 14.8 Å². The third kappa shape index (κ3) is 3.06. The van der Waals surface area contributed by atoms with E-state index in [-0.39, 0.29) is 5.82 Å². The van der Waals surface area contributed by atoms with Crippen molar-refractivity contribution in [2.75, 3.05) is 7.11 Å². The van der Waals surface area contributed by atoms with Gasteiger partial charge >= 0.3 is 5.97 Å². The van der Waals surface area contributed by atoms with E-state index < -0.39 is 5.97 Å². The lowest BCUT2D eigenvalue weighted by Crippen LogP contribution is -2.05. The molecule has 1 aliphatic carbocycles. The van der Waals surface area contributed by atoms with Crippen molar-refractivity contribution in [2.45, 2.75) is 18.8 Å². The normalized spacial score (nSPS) is 13.6. The van der Waals surface area contributed by atoms with Crippen LogP contribution in [0.15, 0.2) is 60.7 Å². The van der Waals surface area contributed by atoms with Gasteiger partial charge in [0.05, 0.1) is 35.1 Å². The maximum atomic E-state index is 13.4. The quantitative estimate of drug-likeness (QED) is 0.468. The Balaban J connectivity index is 1.83. The number of aromatic nitrogens is 3. The molecule has 0 atom stereocenters. The predicted molar refractivity (Wildman–Crippen MR) is 108 cm³/mol. The highest BCUT2D eigenvalue weighted by Gasteiger charge is 2.32. The number of fused-ring (bicyclic) bond motifs is 1. The number of hydrogen-bond acceptors (Lipinski definition) is 4. The van der Waals surface area contributed by atoms with Gasteiger partial charge in [0.25, 0.3) is 0 Å². The number of rotatable bonds is 4. The number of benzene rings is 2. The predicted octanol–water partition coefficient (Wildman–Crippen LogP) is 4.89. The Bertz CT molecular complexity index is 1210. The minimum atomic E-state index is -0.435. The molecule has 2 heterocycles. The molecule has 2 aromatic heterocycles. The summed E-state index contributed by atoms with van der Waals surface area (Å²) >= 11 is 0. The number of esters is 1. The van der Waals surface area contributed by atoms with Gasteiger partial charge < -0.3 is 4.74 Å². The summed E-state index contributed by atoms with van der Waals surface area (Å²) in [7, 11) is 1.37. The Kier molecular flexibility index (Phi) is 4.12. The van der Waals surface area contributed by atoms with Crippen LogP contribution in [0.3, 0.4) is 0 Å². The Morgan fingerprint density at radius 1 is 1.10 bits per heavy atom. The number of nitrogens with zero attached hydrogens (tertiary/aromatic N) is 3. The second-order valence-corrected chi connectivity index (χ2v) is 7.16. The van der Waals surface area contributed by atoms with Crippen molar-refractivity contribution in [2.24, 2.45) is 0 Å². The molecule has 144 valence electrons. The molecule has 1 aliphatic rings. The van der Waals surface area contributed by atoms with Gasteiger partial charge in [-0.3, -0.25) is 0 Å². The van der Waals surface area contributed by atoms with Crippen LogP contribution < -0.4 is 0 Å². The summed E-state index contributed by atoms with van der Waals surface area (Å²) in [5.74, 6) is -0.437.